The Balaban J connectivity index is 2.01. The number of hydrogen-bond acceptors (Lipinski definition) is 1. The van der Waals surface area contributed by atoms with E-state index >= 15 is 0 Å². The average molecular weight is 240 g/mol. The van der Waals surface area contributed by atoms with Gasteiger partial charge in [0.25, 0.3) is 0 Å². The molecule has 0 atom stereocenters. The van der Waals surface area contributed by atoms with E-state index in [-0.39, 0.29) is 5.82 Å². The van der Waals surface area contributed by atoms with Crippen LogP contribution in [0.15, 0.2) is 48.8 Å². The minimum absolute atomic E-state index is 0.188. The third kappa shape index (κ3) is 1.88. The van der Waals surface area contributed by atoms with Crippen LogP contribution in [0.3, 0.4) is 0 Å². The highest BCUT2D eigenvalue weighted by Crippen LogP contribution is 2.16. The fourth-order valence-corrected chi connectivity index (χ4v) is 2.16. The molecule has 3 aromatic rings. The summed E-state index contributed by atoms with van der Waals surface area (Å²) in [4.78, 5) is 4.35. The van der Waals surface area contributed by atoms with Crippen molar-refractivity contribution in [2.45, 2.75) is 13.5 Å². The van der Waals surface area contributed by atoms with Crippen molar-refractivity contribution in [2.24, 2.45) is 0 Å². The van der Waals surface area contributed by atoms with Gasteiger partial charge in [0.05, 0.1) is 17.4 Å². The molecule has 0 N–H and O–H groups in total. The highest BCUT2D eigenvalue weighted by molar-refractivity contribution is 5.75. The Morgan fingerprint density at radius 1 is 1.17 bits per heavy atom. The Kier molecular flexibility index (Phi) is 2.59. The van der Waals surface area contributed by atoms with Gasteiger partial charge in [0.1, 0.15) is 5.82 Å². The van der Waals surface area contributed by atoms with Gasteiger partial charge in [0.2, 0.25) is 0 Å². The van der Waals surface area contributed by atoms with Crippen LogP contribution in [-0.2, 0) is 6.54 Å². The first-order valence-electron chi connectivity index (χ1n) is 5.89. The zero-order valence-corrected chi connectivity index (χ0v) is 10.1. The third-order valence-electron chi connectivity index (χ3n) is 3.17. The second kappa shape index (κ2) is 4.26. The van der Waals surface area contributed by atoms with Gasteiger partial charge in [-0.2, -0.15) is 0 Å². The van der Waals surface area contributed by atoms with E-state index in [9.17, 15) is 4.39 Å². The van der Waals surface area contributed by atoms with Gasteiger partial charge in [-0.15, -0.1) is 0 Å². The number of aryl methyl sites for hydroxylation is 1. The number of fused-ring (bicyclic) bond motifs is 1. The fourth-order valence-electron chi connectivity index (χ4n) is 2.16. The Labute approximate surface area is 105 Å². The average Bonchev–Trinajstić information content (AvgIpc) is 2.76. The molecule has 18 heavy (non-hydrogen) atoms. The summed E-state index contributed by atoms with van der Waals surface area (Å²) >= 11 is 0. The van der Waals surface area contributed by atoms with Crippen LogP contribution in [0.25, 0.3) is 11.0 Å². The number of halogens is 1. The van der Waals surface area contributed by atoms with Crippen LogP contribution in [0, 0.1) is 12.7 Å². The molecule has 0 aliphatic heterocycles. The lowest BCUT2D eigenvalue weighted by Gasteiger charge is -2.07. The lowest BCUT2D eigenvalue weighted by Crippen LogP contribution is -2.00. The molecule has 3 heteroatoms. The number of imidazole rings is 1. The molecule has 0 saturated heterocycles. The monoisotopic (exact) mass is 240 g/mol. The number of nitrogens with zero attached hydrogens (tertiary/aromatic N) is 2. The van der Waals surface area contributed by atoms with Crippen molar-refractivity contribution >= 4 is 11.0 Å². The van der Waals surface area contributed by atoms with E-state index < -0.39 is 0 Å². The van der Waals surface area contributed by atoms with E-state index in [4.69, 9.17) is 0 Å². The van der Waals surface area contributed by atoms with E-state index in [0.717, 1.165) is 22.2 Å². The van der Waals surface area contributed by atoms with Gasteiger partial charge in [-0.3, -0.25) is 0 Å². The second-order valence-electron chi connectivity index (χ2n) is 4.43. The molecule has 0 aliphatic carbocycles. The first-order valence-corrected chi connectivity index (χ1v) is 5.89. The quantitative estimate of drug-likeness (QED) is 0.670. The zero-order chi connectivity index (χ0) is 12.5. The summed E-state index contributed by atoms with van der Waals surface area (Å²) in [6.07, 6.45) is 1.83. The zero-order valence-electron chi connectivity index (χ0n) is 10.1. The molecular weight excluding hydrogens is 227 g/mol. The summed E-state index contributed by atoms with van der Waals surface area (Å²) in [6, 6.07) is 12.9. The second-order valence-corrected chi connectivity index (χ2v) is 4.43. The summed E-state index contributed by atoms with van der Waals surface area (Å²) in [5, 5.41) is 0. The van der Waals surface area contributed by atoms with E-state index in [2.05, 4.69) is 9.55 Å². The number of benzene rings is 2. The van der Waals surface area contributed by atoms with E-state index in [0.29, 0.717) is 6.54 Å². The van der Waals surface area contributed by atoms with Gasteiger partial charge in [0, 0.05) is 6.54 Å². The van der Waals surface area contributed by atoms with Crippen LogP contribution >= 0.6 is 0 Å². The van der Waals surface area contributed by atoms with Crippen LogP contribution in [0.5, 0.6) is 0 Å². The Hall–Kier alpha value is -2.16. The van der Waals surface area contributed by atoms with Gasteiger partial charge in [-0.25, -0.2) is 9.37 Å². The molecule has 0 bridgehead atoms. The predicted octanol–water partition coefficient (Wildman–Crippen LogP) is 3.53. The van der Waals surface area contributed by atoms with Crippen molar-refractivity contribution in [1.29, 1.82) is 0 Å². The lowest BCUT2D eigenvalue weighted by molar-refractivity contribution is 0.625. The molecule has 1 aromatic heterocycles. The summed E-state index contributed by atoms with van der Waals surface area (Å²) in [5.41, 5.74) is 4.16. The molecule has 0 amide bonds. The molecular formula is C15H13FN2. The van der Waals surface area contributed by atoms with E-state index in [1.807, 2.05) is 43.6 Å². The largest absolute Gasteiger partial charge is 0.326 e. The molecule has 0 fully saturated rings. The van der Waals surface area contributed by atoms with Gasteiger partial charge >= 0.3 is 0 Å². The maximum Gasteiger partial charge on any atom is 0.123 e. The molecule has 1 heterocycles. The molecule has 2 nitrogen and oxygen atoms in total. The van der Waals surface area contributed by atoms with Crippen molar-refractivity contribution < 1.29 is 4.39 Å². The van der Waals surface area contributed by atoms with Crippen LogP contribution in [-0.4, -0.2) is 9.55 Å². The highest BCUT2D eigenvalue weighted by atomic mass is 19.1. The summed E-state index contributed by atoms with van der Waals surface area (Å²) in [5.74, 6) is -0.188. The topological polar surface area (TPSA) is 17.8 Å². The molecule has 0 spiro atoms. The lowest BCUT2D eigenvalue weighted by atomic mass is 10.1. The number of hydrogen-bond donors (Lipinski definition) is 0. The van der Waals surface area contributed by atoms with Crippen LogP contribution in [0.1, 0.15) is 11.1 Å². The van der Waals surface area contributed by atoms with Crippen LogP contribution < -0.4 is 0 Å². The van der Waals surface area contributed by atoms with E-state index in [1.165, 1.54) is 6.07 Å². The maximum absolute atomic E-state index is 13.1. The van der Waals surface area contributed by atoms with E-state index in [1.54, 1.807) is 6.07 Å². The van der Waals surface area contributed by atoms with Gasteiger partial charge in [-0.05, 0) is 42.3 Å². The Bertz CT molecular complexity index is 701. The molecule has 0 saturated carbocycles. The molecule has 0 aliphatic rings. The number of aromatic nitrogens is 2. The van der Waals surface area contributed by atoms with Crippen LogP contribution in [0.4, 0.5) is 4.39 Å². The summed E-state index contributed by atoms with van der Waals surface area (Å²) < 4.78 is 15.1. The molecule has 0 radical (unpaired) electrons. The van der Waals surface area contributed by atoms with Gasteiger partial charge in [-0.1, -0.05) is 18.2 Å². The SMILES string of the molecule is Cc1cc(F)ccc1Cn1cnc2ccccc21. The molecule has 90 valence electrons. The van der Waals surface area contributed by atoms with Gasteiger partial charge < -0.3 is 4.57 Å². The van der Waals surface area contributed by atoms with Gasteiger partial charge in [0.15, 0.2) is 0 Å². The molecule has 2 aromatic carbocycles. The fraction of sp³-hybridized carbons (Fsp3) is 0.133. The smallest absolute Gasteiger partial charge is 0.123 e. The number of para-hydroxylation sites is 2. The first-order chi connectivity index (χ1) is 8.74. The number of rotatable bonds is 2. The van der Waals surface area contributed by atoms with Crippen molar-refractivity contribution in [3.05, 3.63) is 65.7 Å². The predicted molar refractivity (Wildman–Crippen MR) is 70.0 cm³/mol. The standard InChI is InChI=1S/C15H13FN2/c1-11-8-13(16)7-6-12(11)9-18-10-17-14-4-2-3-5-15(14)18/h2-8,10H,9H2,1H3. The van der Waals surface area contributed by atoms with Crippen molar-refractivity contribution in [1.82, 2.24) is 9.55 Å². The third-order valence-corrected chi connectivity index (χ3v) is 3.17. The van der Waals surface area contributed by atoms with Crippen LogP contribution in [0.2, 0.25) is 0 Å². The normalized spacial score (nSPS) is 11.0. The summed E-state index contributed by atoms with van der Waals surface area (Å²) in [7, 11) is 0. The van der Waals surface area contributed by atoms with Crippen molar-refractivity contribution in [3.63, 3.8) is 0 Å². The first kappa shape index (κ1) is 11.0. The van der Waals surface area contributed by atoms with Crippen molar-refractivity contribution in [2.75, 3.05) is 0 Å². The maximum atomic E-state index is 13.1. The molecule has 3 rings (SSSR count). The minimum atomic E-state index is -0.188. The highest BCUT2D eigenvalue weighted by Gasteiger charge is 2.04. The Morgan fingerprint density at radius 2 is 2.00 bits per heavy atom. The van der Waals surface area contributed by atoms with Crippen molar-refractivity contribution in [3.8, 4) is 0 Å². The molecule has 0 unspecified atom stereocenters. The Morgan fingerprint density at radius 3 is 2.83 bits per heavy atom. The minimum Gasteiger partial charge on any atom is -0.326 e. The summed E-state index contributed by atoms with van der Waals surface area (Å²) in [6.45, 7) is 2.64.